The fraction of sp³-hybridized carbons (Fsp3) is 0.409. The second-order valence-electron chi connectivity index (χ2n) is 8.76. The molecule has 3 aromatic rings. The summed E-state index contributed by atoms with van der Waals surface area (Å²) in [6.45, 7) is 8.40. The summed E-state index contributed by atoms with van der Waals surface area (Å²) >= 11 is 6.48. The monoisotopic (exact) mass is 441 g/mol. The van der Waals surface area contributed by atoms with Gasteiger partial charge in [0, 0.05) is 30.2 Å². The van der Waals surface area contributed by atoms with Gasteiger partial charge in [-0.25, -0.2) is 14.8 Å². The van der Waals surface area contributed by atoms with Crippen molar-refractivity contribution in [3.05, 3.63) is 35.6 Å². The third kappa shape index (κ3) is 3.59. The maximum absolute atomic E-state index is 12.9. The summed E-state index contributed by atoms with van der Waals surface area (Å²) in [5, 5.41) is 4.64. The molecule has 1 aromatic carbocycles. The minimum absolute atomic E-state index is 0.238. The van der Waals surface area contributed by atoms with Crippen molar-refractivity contribution in [1.82, 2.24) is 14.5 Å². The number of benzene rings is 1. The zero-order valence-electron chi connectivity index (χ0n) is 17.7. The molecule has 8 nitrogen and oxygen atoms in total. The number of nitrogens with zero attached hydrogens (tertiary/aromatic N) is 4. The second kappa shape index (κ2) is 7.39. The Kier molecular flexibility index (Phi) is 4.79. The number of carbonyl (C=O) groups is 1. The van der Waals surface area contributed by atoms with Crippen LogP contribution in [0.4, 0.5) is 16.3 Å². The van der Waals surface area contributed by atoms with Crippen molar-refractivity contribution in [2.45, 2.75) is 32.4 Å². The Hall–Kier alpha value is -2.84. The molecule has 31 heavy (non-hydrogen) atoms. The summed E-state index contributed by atoms with van der Waals surface area (Å²) in [4.78, 5) is 24.6. The van der Waals surface area contributed by atoms with Gasteiger partial charge in [0.15, 0.2) is 11.6 Å². The van der Waals surface area contributed by atoms with Gasteiger partial charge in [-0.1, -0.05) is 23.7 Å². The van der Waals surface area contributed by atoms with Crippen molar-refractivity contribution in [3.8, 4) is 11.4 Å². The first-order valence-electron chi connectivity index (χ1n) is 10.3. The number of nitrogens with one attached hydrogen (secondary N) is 1. The Bertz CT molecular complexity index is 1170. The fourth-order valence-electron chi connectivity index (χ4n) is 4.05. The third-order valence-corrected chi connectivity index (χ3v) is 5.71. The molecule has 5 rings (SSSR count). The number of rotatable bonds is 1. The fourth-order valence-corrected chi connectivity index (χ4v) is 4.32. The van der Waals surface area contributed by atoms with Crippen molar-refractivity contribution in [3.63, 3.8) is 0 Å². The second-order valence-corrected chi connectivity index (χ2v) is 9.17. The predicted molar refractivity (Wildman–Crippen MR) is 120 cm³/mol. The Balaban J connectivity index is 1.63. The summed E-state index contributed by atoms with van der Waals surface area (Å²) in [6.07, 6.45) is 3.01. The first-order chi connectivity index (χ1) is 14.8. The SMILES string of the molecule is CC(C)(C)OC(=O)n1cc(-c2ncc3c(n2)N2CCOCC2CN3)c2cccc(Cl)c21. The number of hydrogen-bond donors (Lipinski definition) is 1. The van der Waals surface area contributed by atoms with Gasteiger partial charge in [0.2, 0.25) is 0 Å². The van der Waals surface area contributed by atoms with Crippen molar-refractivity contribution >= 4 is 40.1 Å². The molecule has 2 aliphatic rings. The highest BCUT2D eigenvalue weighted by molar-refractivity contribution is 6.36. The van der Waals surface area contributed by atoms with E-state index in [0.29, 0.717) is 29.6 Å². The molecule has 1 saturated heterocycles. The molecule has 4 heterocycles. The van der Waals surface area contributed by atoms with E-state index in [1.54, 1.807) is 18.5 Å². The van der Waals surface area contributed by atoms with E-state index in [1.165, 1.54) is 4.57 Å². The van der Waals surface area contributed by atoms with Gasteiger partial charge in [-0.2, -0.15) is 0 Å². The molecular formula is C22H24ClN5O3. The van der Waals surface area contributed by atoms with Gasteiger partial charge in [-0.3, -0.25) is 4.57 Å². The molecule has 0 bridgehead atoms. The maximum atomic E-state index is 12.9. The average molecular weight is 442 g/mol. The van der Waals surface area contributed by atoms with Gasteiger partial charge in [-0.05, 0) is 26.8 Å². The number of fused-ring (bicyclic) bond motifs is 4. The van der Waals surface area contributed by atoms with Crippen LogP contribution in [0.5, 0.6) is 0 Å². The van der Waals surface area contributed by atoms with E-state index in [4.69, 9.17) is 26.1 Å². The molecule has 1 atom stereocenters. The smallest absolute Gasteiger partial charge is 0.419 e. The van der Waals surface area contributed by atoms with Crippen LogP contribution in [0.15, 0.2) is 30.6 Å². The van der Waals surface area contributed by atoms with Crippen LogP contribution >= 0.6 is 11.6 Å². The summed E-state index contributed by atoms with van der Waals surface area (Å²) in [6, 6.07) is 5.76. The van der Waals surface area contributed by atoms with Crippen LogP contribution < -0.4 is 10.2 Å². The number of hydrogen-bond acceptors (Lipinski definition) is 7. The zero-order valence-corrected chi connectivity index (χ0v) is 18.4. The average Bonchev–Trinajstić information content (AvgIpc) is 3.13. The lowest BCUT2D eigenvalue weighted by Crippen LogP contribution is -2.52. The highest BCUT2D eigenvalue weighted by Gasteiger charge is 2.31. The van der Waals surface area contributed by atoms with E-state index >= 15 is 0 Å². The Morgan fingerprint density at radius 2 is 2.19 bits per heavy atom. The molecule has 9 heteroatoms. The number of anilines is 2. The van der Waals surface area contributed by atoms with Crippen LogP contribution in [-0.4, -0.2) is 58.6 Å². The van der Waals surface area contributed by atoms with Crippen molar-refractivity contribution in [2.75, 3.05) is 36.5 Å². The lowest BCUT2D eigenvalue weighted by atomic mass is 10.1. The lowest BCUT2D eigenvalue weighted by molar-refractivity contribution is 0.0544. The van der Waals surface area contributed by atoms with Gasteiger partial charge in [-0.15, -0.1) is 0 Å². The van der Waals surface area contributed by atoms with Crippen LogP contribution in [0, 0.1) is 0 Å². The molecule has 0 amide bonds. The first-order valence-corrected chi connectivity index (χ1v) is 10.7. The van der Waals surface area contributed by atoms with E-state index in [0.717, 1.165) is 35.5 Å². The largest absolute Gasteiger partial charge is 0.443 e. The van der Waals surface area contributed by atoms with Crippen molar-refractivity contribution in [2.24, 2.45) is 0 Å². The molecule has 162 valence electrons. The van der Waals surface area contributed by atoms with E-state index in [-0.39, 0.29) is 6.04 Å². The molecule has 1 unspecified atom stereocenters. The lowest BCUT2D eigenvalue weighted by Gasteiger charge is -2.41. The van der Waals surface area contributed by atoms with E-state index in [2.05, 4.69) is 15.2 Å². The standard InChI is InChI=1S/C22H24ClN5O3/c1-22(2,3)31-21(29)28-11-15(14-5-4-6-16(23)18(14)28)19-25-10-17-20(26-19)27-7-8-30-12-13(27)9-24-17/h4-6,10-11,13,24H,7-9,12H2,1-3H3. The minimum Gasteiger partial charge on any atom is -0.443 e. The Labute approximate surface area is 185 Å². The molecular weight excluding hydrogens is 418 g/mol. The van der Waals surface area contributed by atoms with Gasteiger partial charge < -0.3 is 19.7 Å². The number of aromatic nitrogens is 3. The zero-order chi connectivity index (χ0) is 21.8. The third-order valence-electron chi connectivity index (χ3n) is 5.40. The van der Waals surface area contributed by atoms with Crippen LogP contribution in [-0.2, 0) is 9.47 Å². The topological polar surface area (TPSA) is 81.5 Å². The molecule has 1 fully saturated rings. The highest BCUT2D eigenvalue weighted by Crippen LogP contribution is 2.36. The number of ether oxygens (including phenoxy) is 2. The van der Waals surface area contributed by atoms with Gasteiger partial charge in [0.05, 0.1) is 41.7 Å². The van der Waals surface area contributed by atoms with Crippen LogP contribution in [0.2, 0.25) is 5.02 Å². The number of halogens is 1. The summed E-state index contributed by atoms with van der Waals surface area (Å²) in [5.41, 5.74) is 1.57. The Morgan fingerprint density at radius 1 is 1.35 bits per heavy atom. The number of morpholine rings is 1. The highest BCUT2D eigenvalue weighted by atomic mass is 35.5. The van der Waals surface area contributed by atoms with E-state index in [1.807, 2.05) is 32.9 Å². The maximum Gasteiger partial charge on any atom is 0.419 e. The van der Waals surface area contributed by atoms with Gasteiger partial charge in [0.1, 0.15) is 5.60 Å². The predicted octanol–water partition coefficient (Wildman–Crippen LogP) is 4.17. The Morgan fingerprint density at radius 3 is 3.00 bits per heavy atom. The van der Waals surface area contributed by atoms with Gasteiger partial charge in [0.25, 0.3) is 0 Å². The van der Waals surface area contributed by atoms with E-state index < -0.39 is 11.7 Å². The quantitative estimate of drug-likeness (QED) is 0.607. The van der Waals surface area contributed by atoms with Crippen molar-refractivity contribution in [1.29, 1.82) is 0 Å². The van der Waals surface area contributed by atoms with Crippen molar-refractivity contribution < 1.29 is 14.3 Å². The van der Waals surface area contributed by atoms with E-state index in [9.17, 15) is 4.79 Å². The summed E-state index contributed by atoms with van der Waals surface area (Å²) < 4.78 is 12.6. The molecule has 0 spiro atoms. The van der Waals surface area contributed by atoms with Gasteiger partial charge >= 0.3 is 6.09 Å². The molecule has 0 saturated carbocycles. The molecule has 2 aromatic heterocycles. The summed E-state index contributed by atoms with van der Waals surface area (Å²) in [7, 11) is 0. The first kappa shape index (κ1) is 20.1. The molecule has 0 radical (unpaired) electrons. The molecule has 1 N–H and O–H groups in total. The van der Waals surface area contributed by atoms with Crippen LogP contribution in [0.1, 0.15) is 20.8 Å². The van der Waals surface area contributed by atoms with Crippen LogP contribution in [0.25, 0.3) is 22.3 Å². The normalized spacial score (nSPS) is 18.3. The van der Waals surface area contributed by atoms with Crippen LogP contribution in [0.3, 0.4) is 0 Å². The number of carbonyl (C=O) groups excluding carboxylic acids is 1. The number of para-hydroxylation sites is 1. The summed E-state index contributed by atoms with van der Waals surface area (Å²) in [5.74, 6) is 1.38. The molecule has 2 aliphatic heterocycles. The molecule has 0 aliphatic carbocycles. The minimum atomic E-state index is -0.631.